The Balaban J connectivity index is 1.92. The molecule has 2 aromatic carbocycles. The van der Waals surface area contributed by atoms with Crippen molar-refractivity contribution in [3.63, 3.8) is 0 Å². The third-order valence-corrected chi connectivity index (χ3v) is 6.41. The SMILES string of the molecule is CCN(C)c1cc(-c2ccc(Cl)cc2Cl)cc2c1O[C@H]1CCNC[C@@]21C. The molecule has 0 unspecified atom stereocenters. The van der Waals surface area contributed by atoms with Gasteiger partial charge in [-0.15, -0.1) is 0 Å². The molecule has 2 heterocycles. The number of hydrogen-bond acceptors (Lipinski definition) is 3. The van der Waals surface area contributed by atoms with Crippen LogP contribution in [0.25, 0.3) is 11.1 Å². The second-order valence-electron chi connectivity index (χ2n) is 7.50. The smallest absolute Gasteiger partial charge is 0.147 e. The average Bonchev–Trinajstić information content (AvgIpc) is 2.93. The maximum atomic E-state index is 6.51. The molecule has 0 amide bonds. The van der Waals surface area contributed by atoms with E-state index in [0.29, 0.717) is 10.0 Å². The van der Waals surface area contributed by atoms with E-state index in [1.165, 1.54) is 5.56 Å². The minimum atomic E-state index is -0.0220. The zero-order valence-corrected chi connectivity index (χ0v) is 16.9. The van der Waals surface area contributed by atoms with E-state index < -0.39 is 0 Å². The highest BCUT2D eigenvalue weighted by atomic mass is 35.5. The number of rotatable bonds is 3. The summed E-state index contributed by atoms with van der Waals surface area (Å²) in [5.74, 6) is 1.03. The number of hydrogen-bond donors (Lipinski definition) is 1. The molecule has 2 aromatic rings. The van der Waals surface area contributed by atoms with Gasteiger partial charge in [0.25, 0.3) is 0 Å². The third-order valence-electron chi connectivity index (χ3n) is 5.86. The van der Waals surface area contributed by atoms with Crippen LogP contribution < -0.4 is 15.0 Å². The number of fused-ring (bicyclic) bond motifs is 3. The molecule has 0 aliphatic carbocycles. The van der Waals surface area contributed by atoms with Crippen molar-refractivity contribution in [1.29, 1.82) is 0 Å². The second kappa shape index (κ2) is 6.63. The summed E-state index contributed by atoms with van der Waals surface area (Å²) in [5.41, 5.74) is 4.48. The molecular weight excluding hydrogens is 367 g/mol. The standard InChI is InChI=1S/C21H24Cl2N2O/c1-4-25(3)18-10-13(15-6-5-14(22)11-17(15)23)9-16-20(18)26-19-7-8-24-12-21(16,19)2/h5-6,9-11,19,24H,4,7-8,12H2,1-3H3/t19-,21-/m0/s1. The Labute approximate surface area is 165 Å². The van der Waals surface area contributed by atoms with E-state index in [2.05, 4.69) is 43.2 Å². The number of nitrogens with zero attached hydrogens (tertiary/aromatic N) is 1. The van der Waals surface area contributed by atoms with Crippen LogP contribution in [-0.4, -0.2) is 32.8 Å². The topological polar surface area (TPSA) is 24.5 Å². The molecule has 2 aliphatic rings. The maximum Gasteiger partial charge on any atom is 0.147 e. The van der Waals surface area contributed by atoms with E-state index in [0.717, 1.165) is 48.6 Å². The van der Waals surface area contributed by atoms with Crippen molar-refractivity contribution < 1.29 is 4.74 Å². The van der Waals surface area contributed by atoms with Gasteiger partial charge >= 0.3 is 0 Å². The van der Waals surface area contributed by atoms with E-state index in [-0.39, 0.29) is 11.5 Å². The highest BCUT2D eigenvalue weighted by molar-refractivity contribution is 6.36. The van der Waals surface area contributed by atoms with Crippen molar-refractivity contribution >= 4 is 28.9 Å². The van der Waals surface area contributed by atoms with Crippen LogP contribution in [0.3, 0.4) is 0 Å². The molecule has 0 bridgehead atoms. The maximum absolute atomic E-state index is 6.51. The van der Waals surface area contributed by atoms with Crippen LogP contribution in [0.4, 0.5) is 5.69 Å². The Morgan fingerprint density at radius 1 is 1.27 bits per heavy atom. The molecule has 1 saturated heterocycles. The third kappa shape index (κ3) is 2.77. The minimum absolute atomic E-state index is 0.0220. The second-order valence-corrected chi connectivity index (χ2v) is 8.34. The van der Waals surface area contributed by atoms with Crippen molar-refractivity contribution in [1.82, 2.24) is 5.32 Å². The predicted octanol–water partition coefficient (Wildman–Crippen LogP) is 5.13. The highest BCUT2D eigenvalue weighted by Crippen LogP contribution is 2.51. The molecule has 1 N–H and O–H groups in total. The van der Waals surface area contributed by atoms with Crippen molar-refractivity contribution in [2.45, 2.75) is 31.8 Å². The average molecular weight is 391 g/mol. The molecule has 0 aromatic heterocycles. The van der Waals surface area contributed by atoms with Gasteiger partial charge in [0.1, 0.15) is 11.9 Å². The number of piperidine rings is 1. The van der Waals surface area contributed by atoms with Crippen LogP contribution in [0.15, 0.2) is 30.3 Å². The molecular formula is C21H24Cl2N2O. The van der Waals surface area contributed by atoms with Crippen molar-refractivity contribution in [3.05, 3.63) is 45.9 Å². The fourth-order valence-corrected chi connectivity index (χ4v) is 4.63. The van der Waals surface area contributed by atoms with Crippen LogP contribution in [-0.2, 0) is 5.41 Å². The van der Waals surface area contributed by atoms with Gasteiger partial charge in [0.05, 0.1) is 5.69 Å². The molecule has 5 heteroatoms. The molecule has 138 valence electrons. The molecule has 0 radical (unpaired) electrons. The first-order valence-electron chi connectivity index (χ1n) is 9.16. The minimum Gasteiger partial charge on any atom is -0.487 e. The molecule has 3 nitrogen and oxygen atoms in total. The summed E-state index contributed by atoms with van der Waals surface area (Å²) < 4.78 is 6.47. The summed E-state index contributed by atoms with van der Waals surface area (Å²) in [6.45, 7) is 7.30. The van der Waals surface area contributed by atoms with Crippen LogP contribution in [0.5, 0.6) is 5.75 Å². The Morgan fingerprint density at radius 2 is 2.08 bits per heavy atom. The zero-order valence-electron chi connectivity index (χ0n) is 15.4. The zero-order chi connectivity index (χ0) is 18.5. The number of nitrogens with one attached hydrogen (secondary N) is 1. The molecule has 0 saturated carbocycles. The Morgan fingerprint density at radius 3 is 2.81 bits per heavy atom. The first kappa shape index (κ1) is 18.0. The first-order valence-corrected chi connectivity index (χ1v) is 9.92. The van der Waals surface area contributed by atoms with Gasteiger partial charge in [0.2, 0.25) is 0 Å². The molecule has 26 heavy (non-hydrogen) atoms. The number of anilines is 1. The predicted molar refractivity (Wildman–Crippen MR) is 110 cm³/mol. The summed E-state index contributed by atoms with van der Waals surface area (Å²) in [6.07, 6.45) is 1.25. The Bertz CT molecular complexity index is 854. The van der Waals surface area contributed by atoms with Crippen molar-refractivity contribution in [3.8, 4) is 16.9 Å². The quantitative estimate of drug-likeness (QED) is 0.785. The summed E-state index contributed by atoms with van der Waals surface area (Å²) in [4.78, 5) is 2.24. The van der Waals surface area contributed by atoms with E-state index in [1.54, 1.807) is 6.07 Å². The van der Waals surface area contributed by atoms with Gasteiger partial charge in [-0.2, -0.15) is 0 Å². The molecule has 2 aliphatic heterocycles. The molecule has 0 spiro atoms. The van der Waals surface area contributed by atoms with Gasteiger partial charge in [-0.1, -0.05) is 36.2 Å². The van der Waals surface area contributed by atoms with E-state index >= 15 is 0 Å². The Kier molecular flexibility index (Phi) is 4.58. The van der Waals surface area contributed by atoms with Crippen molar-refractivity contribution in [2.24, 2.45) is 0 Å². The van der Waals surface area contributed by atoms with Gasteiger partial charge in [-0.3, -0.25) is 0 Å². The van der Waals surface area contributed by atoms with E-state index in [9.17, 15) is 0 Å². The fourth-order valence-electron chi connectivity index (χ4n) is 4.11. The van der Waals surface area contributed by atoms with Gasteiger partial charge in [0, 0.05) is 46.7 Å². The van der Waals surface area contributed by atoms with Crippen LogP contribution >= 0.6 is 23.2 Å². The van der Waals surface area contributed by atoms with E-state index in [1.807, 2.05) is 12.1 Å². The van der Waals surface area contributed by atoms with Crippen molar-refractivity contribution in [2.75, 3.05) is 31.6 Å². The van der Waals surface area contributed by atoms with Crippen LogP contribution in [0.1, 0.15) is 25.8 Å². The lowest BCUT2D eigenvalue weighted by molar-refractivity contribution is 0.121. The lowest BCUT2D eigenvalue weighted by atomic mass is 9.75. The fraction of sp³-hybridized carbons (Fsp3) is 0.429. The monoisotopic (exact) mass is 390 g/mol. The Hall–Kier alpha value is -1.42. The summed E-state index contributed by atoms with van der Waals surface area (Å²) in [5, 5.41) is 4.86. The van der Waals surface area contributed by atoms with Gasteiger partial charge in [0.15, 0.2) is 0 Å². The van der Waals surface area contributed by atoms with Gasteiger partial charge in [-0.05, 0) is 49.7 Å². The largest absolute Gasteiger partial charge is 0.487 e. The van der Waals surface area contributed by atoms with Crippen LogP contribution in [0, 0.1) is 0 Å². The summed E-state index contributed by atoms with van der Waals surface area (Å²) in [6, 6.07) is 10.1. The van der Waals surface area contributed by atoms with Crippen LogP contribution in [0.2, 0.25) is 10.0 Å². The highest BCUT2D eigenvalue weighted by Gasteiger charge is 2.48. The lowest BCUT2D eigenvalue weighted by Crippen LogP contribution is -2.50. The molecule has 4 rings (SSSR count). The number of benzene rings is 2. The summed E-state index contributed by atoms with van der Waals surface area (Å²) >= 11 is 12.6. The van der Waals surface area contributed by atoms with Gasteiger partial charge < -0.3 is 15.0 Å². The molecule has 2 atom stereocenters. The normalized spacial score (nSPS) is 24.0. The lowest BCUT2D eigenvalue weighted by Gasteiger charge is -2.35. The number of ether oxygens (including phenoxy) is 1. The first-order chi connectivity index (χ1) is 12.4. The van der Waals surface area contributed by atoms with E-state index in [4.69, 9.17) is 27.9 Å². The molecule has 1 fully saturated rings. The van der Waals surface area contributed by atoms with Gasteiger partial charge in [-0.25, -0.2) is 0 Å². The number of halogens is 2. The summed E-state index contributed by atoms with van der Waals surface area (Å²) in [7, 11) is 2.11.